The molecule has 24 heavy (non-hydrogen) atoms. The van der Waals surface area contributed by atoms with Crippen LogP contribution in [-0.2, 0) is 13.1 Å². The van der Waals surface area contributed by atoms with Gasteiger partial charge in [-0.25, -0.2) is 4.98 Å². The lowest BCUT2D eigenvalue weighted by Gasteiger charge is -2.34. The summed E-state index contributed by atoms with van der Waals surface area (Å²) >= 11 is 0. The van der Waals surface area contributed by atoms with Crippen LogP contribution in [0, 0.1) is 6.92 Å². The predicted octanol–water partition coefficient (Wildman–Crippen LogP) is 2.84. The van der Waals surface area contributed by atoms with Crippen LogP contribution in [0.5, 0.6) is 0 Å². The first kappa shape index (κ1) is 16.8. The van der Waals surface area contributed by atoms with Crippen LogP contribution >= 0.6 is 0 Å². The van der Waals surface area contributed by atoms with E-state index in [0.717, 1.165) is 24.7 Å². The lowest BCUT2D eigenvalue weighted by atomic mass is 10.2. The molecule has 0 saturated carbocycles. The standard InChI is InChI=1S/C18H26N4O2/c1-12(2)20(5)11-15-10-19-17-14(4)21(8-9-22(15)17)18(23)16-7-6-13(3)24-16/h6-7,10,12,14H,8-9,11H2,1-5H3. The van der Waals surface area contributed by atoms with Crippen LogP contribution < -0.4 is 0 Å². The smallest absolute Gasteiger partial charge is 0.290 e. The molecule has 6 heteroatoms. The molecule has 0 N–H and O–H groups in total. The molecule has 0 aliphatic carbocycles. The number of carbonyl (C=O) groups is 1. The minimum absolute atomic E-state index is 0.0604. The maximum absolute atomic E-state index is 12.7. The first-order chi connectivity index (χ1) is 11.4. The highest BCUT2D eigenvalue weighted by atomic mass is 16.3. The van der Waals surface area contributed by atoms with Gasteiger partial charge in [-0.3, -0.25) is 9.69 Å². The molecule has 1 aliphatic heterocycles. The zero-order valence-corrected chi connectivity index (χ0v) is 15.1. The number of fused-ring (bicyclic) bond motifs is 1. The molecule has 0 bridgehead atoms. The molecular weight excluding hydrogens is 304 g/mol. The summed E-state index contributed by atoms with van der Waals surface area (Å²) in [4.78, 5) is 21.4. The maximum atomic E-state index is 12.7. The largest absolute Gasteiger partial charge is 0.456 e. The Morgan fingerprint density at radius 3 is 2.79 bits per heavy atom. The number of hydrogen-bond acceptors (Lipinski definition) is 4. The van der Waals surface area contributed by atoms with Crippen LogP contribution in [0.1, 0.15) is 54.6 Å². The Balaban J connectivity index is 1.80. The summed E-state index contributed by atoms with van der Waals surface area (Å²) in [6.45, 7) is 10.5. The molecule has 0 aromatic carbocycles. The van der Waals surface area contributed by atoms with Crippen LogP contribution in [0.3, 0.4) is 0 Å². The van der Waals surface area contributed by atoms with Gasteiger partial charge in [0.2, 0.25) is 0 Å². The lowest BCUT2D eigenvalue weighted by Crippen LogP contribution is -2.41. The summed E-state index contributed by atoms with van der Waals surface area (Å²) in [7, 11) is 2.12. The van der Waals surface area contributed by atoms with Crippen LogP contribution in [0.2, 0.25) is 0 Å². The van der Waals surface area contributed by atoms with Crippen LogP contribution in [0.25, 0.3) is 0 Å². The van der Waals surface area contributed by atoms with Crippen LogP contribution in [-0.4, -0.2) is 44.9 Å². The monoisotopic (exact) mass is 330 g/mol. The van der Waals surface area contributed by atoms with E-state index in [1.165, 1.54) is 5.69 Å². The Bertz CT molecular complexity index is 731. The van der Waals surface area contributed by atoms with Crippen LogP contribution in [0.15, 0.2) is 22.7 Å². The van der Waals surface area contributed by atoms with Gasteiger partial charge in [0.05, 0.1) is 11.7 Å². The number of carbonyl (C=O) groups excluding carboxylic acids is 1. The van der Waals surface area contributed by atoms with Crippen molar-refractivity contribution in [2.75, 3.05) is 13.6 Å². The van der Waals surface area contributed by atoms with Crippen LogP contribution in [0.4, 0.5) is 0 Å². The summed E-state index contributed by atoms with van der Waals surface area (Å²) < 4.78 is 7.74. The zero-order chi connectivity index (χ0) is 17.4. The molecule has 3 rings (SSSR count). The average Bonchev–Trinajstić information content (AvgIpc) is 3.14. The third kappa shape index (κ3) is 2.98. The third-order valence-corrected chi connectivity index (χ3v) is 4.88. The van der Waals surface area contributed by atoms with E-state index in [0.29, 0.717) is 18.3 Å². The number of nitrogens with zero attached hydrogens (tertiary/aromatic N) is 4. The molecule has 6 nitrogen and oxygen atoms in total. The Hall–Kier alpha value is -2.08. The van der Waals surface area contributed by atoms with Gasteiger partial charge in [0.1, 0.15) is 11.6 Å². The Morgan fingerprint density at radius 1 is 1.42 bits per heavy atom. The number of furan rings is 1. The van der Waals surface area contributed by atoms with Crippen molar-refractivity contribution in [2.24, 2.45) is 0 Å². The molecule has 0 saturated heterocycles. The fraction of sp³-hybridized carbons (Fsp3) is 0.556. The van der Waals surface area contributed by atoms with Gasteiger partial charge in [-0.15, -0.1) is 0 Å². The van der Waals surface area contributed by atoms with Crippen molar-refractivity contribution in [1.29, 1.82) is 0 Å². The van der Waals surface area contributed by atoms with Crippen molar-refractivity contribution in [1.82, 2.24) is 19.4 Å². The molecule has 1 unspecified atom stereocenters. The SMILES string of the molecule is Cc1ccc(C(=O)N2CCn3c(CN(C)C(C)C)cnc3C2C)o1. The van der Waals surface area contributed by atoms with Crippen molar-refractivity contribution >= 4 is 5.91 Å². The Morgan fingerprint density at radius 2 is 2.17 bits per heavy atom. The highest BCUT2D eigenvalue weighted by Crippen LogP contribution is 2.27. The summed E-state index contributed by atoms with van der Waals surface area (Å²) in [5, 5.41) is 0. The van der Waals surface area contributed by atoms with E-state index in [4.69, 9.17) is 4.42 Å². The summed E-state index contributed by atoms with van der Waals surface area (Å²) in [5.74, 6) is 2.04. The van der Waals surface area contributed by atoms with E-state index in [2.05, 4.69) is 35.3 Å². The van der Waals surface area contributed by atoms with Gasteiger partial charge < -0.3 is 13.9 Å². The fourth-order valence-corrected chi connectivity index (χ4v) is 3.09. The number of hydrogen-bond donors (Lipinski definition) is 0. The summed E-state index contributed by atoms with van der Waals surface area (Å²) in [6, 6.07) is 3.99. The summed E-state index contributed by atoms with van der Waals surface area (Å²) in [5.41, 5.74) is 1.20. The van der Waals surface area contributed by atoms with Gasteiger partial charge in [-0.05, 0) is 46.9 Å². The number of rotatable bonds is 4. The molecule has 1 atom stereocenters. The van der Waals surface area contributed by atoms with E-state index in [9.17, 15) is 4.79 Å². The van der Waals surface area contributed by atoms with Crippen molar-refractivity contribution in [3.05, 3.63) is 41.4 Å². The maximum Gasteiger partial charge on any atom is 0.290 e. The van der Waals surface area contributed by atoms with Gasteiger partial charge in [-0.2, -0.15) is 0 Å². The fourth-order valence-electron chi connectivity index (χ4n) is 3.09. The second-order valence-electron chi connectivity index (χ2n) is 6.85. The first-order valence-corrected chi connectivity index (χ1v) is 8.50. The van der Waals surface area contributed by atoms with Gasteiger partial charge in [0, 0.05) is 31.9 Å². The average molecular weight is 330 g/mol. The quantitative estimate of drug-likeness (QED) is 0.865. The normalized spacial score (nSPS) is 17.6. The molecule has 1 aliphatic rings. The summed E-state index contributed by atoms with van der Waals surface area (Å²) in [6.07, 6.45) is 1.94. The Labute approximate surface area is 143 Å². The number of imidazole rings is 1. The van der Waals surface area contributed by atoms with E-state index in [1.807, 2.05) is 31.0 Å². The van der Waals surface area contributed by atoms with Gasteiger partial charge in [0.15, 0.2) is 5.76 Å². The van der Waals surface area contributed by atoms with Gasteiger partial charge in [-0.1, -0.05) is 0 Å². The van der Waals surface area contributed by atoms with Gasteiger partial charge in [0.25, 0.3) is 5.91 Å². The van der Waals surface area contributed by atoms with Crippen molar-refractivity contribution in [3.8, 4) is 0 Å². The molecule has 0 spiro atoms. The molecule has 0 radical (unpaired) electrons. The molecular formula is C18H26N4O2. The molecule has 130 valence electrons. The number of aryl methyl sites for hydroxylation is 1. The molecule has 3 heterocycles. The second-order valence-corrected chi connectivity index (χ2v) is 6.85. The van der Waals surface area contributed by atoms with E-state index in [1.54, 1.807) is 6.07 Å². The molecule has 2 aromatic rings. The molecule has 0 fully saturated rings. The number of aromatic nitrogens is 2. The first-order valence-electron chi connectivity index (χ1n) is 8.50. The zero-order valence-electron chi connectivity index (χ0n) is 15.1. The number of amides is 1. The minimum Gasteiger partial charge on any atom is -0.456 e. The minimum atomic E-state index is -0.0642. The highest BCUT2D eigenvalue weighted by Gasteiger charge is 2.32. The molecule has 2 aromatic heterocycles. The van der Waals surface area contributed by atoms with E-state index in [-0.39, 0.29) is 11.9 Å². The topological polar surface area (TPSA) is 54.5 Å². The van der Waals surface area contributed by atoms with E-state index < -0.39 is 0 Å². The van der Waals surface area contributed by atoms with Gasteiger partial charge >= 0.3 is 0 Å². The predicted molar refractivity (Wildman–Crippen MR) is 91.7 cm³/mol. The van der Waals surface area contributed by atoms with Crippen molar-refractivity contribution in [3.63, 3.8) is 0 Å². The van der Waals surface area contributed by atoms with Crippen molar-refractivity contribution < 1.29 is 9.21 Å². The van der Waals surface area contributed by atoms with Crippen molar-refractivity contribution in [2.45, 2.75) is 52.9 Å². The third-order valence-electron chi connectivity index (χ3n) is 4.88. The highest BCUT2D eigenvalue weighted by molar-refractivity contribution is 5.91. The lowest BCUT2D eigenvalue weighted by molar-refractivity contribution is 0.0601. The molecule has 1 amide bonds. The second kappa shape index (κ2) is 6.43. The van der Waals surface area contributed by atoms with E-state index >= 15 is 0 Å². The Kier molecular flexibility index (Phi) is 4.49.